The molecule has 0 bridgehead atoms. The summed E-state index contributed by atoms with van der Waals surface area (Å²) >= 11 is 6.28. The molecule has 2 aromatic heterocycles. The van der Waals surface area contributed by atoms with E-state index in [-0.39, 0.29) is 5.91 Å². The van der Waals surface area contributed by atoms with E-state index in [9.17, 15) is 4.79 Å². The summed E-state index contributed by atoms with van der Waals surface area (Å²) in [6.45, 7) is 5.98. The Bertz CT molecular complexity index is 1210. The average molecular weight is 463 g/mol. The van der Waals surface area contributed by atoms with Crippen LogP contribution in [-0.4, -0.2) is 29.0 Å². The molecule has 6 nitrogen and oxygen atoms in total. The van der Waals surface area contributed by atoms with Crippen LogP contribution in [0.25, 0.3) is 22.3 Å². The molecule has 4 rings (SSSR count). The fraction of sp³-hybridized carbons (Fsp3) is 0.269. The molecule has 0 unspecified atom stereocenters. The number of carbonyl (C=O) groups excluding carboxylic acids is 1. The molecule has 0 aliphatic heterocycles. The molecule has 2 heterocycles. The zero-order valence-corrected chi connectivity index (χ0v) is 19.5. The zero-order chi connectivity index (χ0) is 23.2. The first-order valence-corrected chi connectivity index (χ1v) is 11.4. The van der Waals surface area contributed by atoms with Gasteiger partial charge in [0, 0.05) is 35.5 Å². The third kappa shape index (κ3) is 5.90. The summed E-state index contributed by atoms with van der Waals surface area (Å²) in [6.07, 6.45) is 1.94. The topological polar surface area (TPSA) is 71.3 Å². The summed E-state index contributed by atoms with van der Waals surface area (Å²) in [7, 11) is 0. The highest BCUT2D eigenvalue weighted by Gasteiger charge is 2.18. The van der Waals surface area contributed by atoms with Crippen molar-refractivity contribution in [3.63, 3.8) is 0 Å². The SMILES string of the molecule is CC(C)CN(CCC(=O)NCc1ccco1)c1nc(-c2ccccc2)nc2cc(Cl)ccc12. The third-order valence-corrected chi connectivity index (χ3v) is 5.44. The summed E-state index contributed by atoms with van der Waals surface area (Å²) in [5.74, 6) is 2.52. The van der Waals surface area contributed by atoms with Crippen molar-refractivity contribution in [3.8, 4) is 11.4 Å². The maximum atomic E-state index is 12.5. The van der Waals surface area contributed by atoms with Crippen molar-refractivity contribution >= 4 is 34.2 Å². The zero-order valence-electron chi connectivity index (χ0n) is 18.8. The first-order valence-electron chi connectivity index (χ1n) is 11.1. The number of benzene rings is 2. The van der Waals surface area contributed by atoms with Crippen molar-refractivity contribution < 1.29 is 9.21 Å². The molecule has 170 valence electrons. The second-order valence-electron chi connectivity index (χ2n) is 8.34. The molecule has 0 aliphatic carbocycles. The molecule has 0 radical (unpaired) electrons. The molecule has 7 heteroatoms. The maximum absolute atomic E-state index is 12.5. The highest BCUT2D eigenvalue weighted by Crippen LogP contribution is 2.30. The minimum atomic E-state index is -0.0372. The molecule has 0 aliphatic rings. The van der Waals surface area contributed by atoms with E-state index in [4.69, 9.17) is 26.0 Å². The Morgan fingerprint density at radius 2 is 1.91 bits per heavy atom. The van der Waals surface area contributed by atoms with Gasteiger partial charge in [0.25, 0.3) is 0 Å². The number of carbonyl (C=O) groups is 1. The van der Waals surface area contributed by atoms with Crippen LogP contribution in [0.4, 0.5) is 5.82 Å². The van der Waals surface area contributed by atoms with E-state index in [0.29, 0.717) is 36.3 Å². The quantitative estimate of drug-likeness (QED) is 0.345. The van der Waals surface area contributed by atoms with Gasteiger partial charge in [-0.05, 0) is 36.2 Å². The highest BCUT2D eigenvalue weighted by molar-refractivity contribution is 6.31. The minimum absolute atomic E-state index is 0.0372. The van der Waals surface area contributed by atoms with Gasteiger partial charge in [-0.2, -0.15) is 0 Å². The van der Waals surface area contributed by atoms with Crippen molar-refractivity contribution in [2.75, 3.05) is 18.0 Å². The first kappa shape index (κ1) is 22.8. The van der Waals surface area contributed by atoms with Crippen LogP contribution in [0.5, 0.6) is 0 Å². The number of fused-ring (bicyclic) bond motifs is 1. The van der Waals surface area contributed by atoms with Gasteiger partial charge >= 0.3 is 0 Å². The number of hydrogen-bond acceptors (Lipinski definition) is 5. The van der Waals surface area contributed by atoms with Crippen LogP contribution in [0.1, 0.15) is 26.0 Å². The molecule has 0 spiro atoms. The molecule has 1 N–H and O–H groups in total. The van der Waals surface area contributed by atoms with Gasteiger partial charge in [0.15, 0.2) is 5.82 Å². The Morgan fingerprint density at radius 1 is 1.09 bits per heavy atom. The molecule has 1 amide bonds. The number of nitrogens with zero attached hydrogens (tertiary/aromatic N) is 3. The molecule has 2 aromatic carbocycles. The minimum Gasteiger partial charge on any atom is -0.467 e. The van der Waals surface area contributed by atoms with Gasteiger partial charge in [-0.1, -0.05) is 55.8 Å². The Balaban J connectivity index is 1.63. The molecular formula is C26H27ClN4O2. The van der Waals surface area contributed by atoms with E-state index in [0.717, 1.165) is 34.6 Å². The third-order valence-electron chi connectivity index (χ3n) is 5.20. The average Bonchev–Trinajstić information content (AvgIpc) is 3.33. The Kier molecular flexibility index (Phi) is 7.25. The Morgan fingerprint density at radius 3 is 2.64 bits per heavy atom. The van der Waals surface area contributed by atoms with Crippen LogP contribution < -0.4 is 10.2 Å². The summed E-state index contributed by atoms with van der Waals surface area (Å²) < 4.78 is 5.29. The van der Waals surface area contributed by atoms with E-state index >= 15 is 0 Å². The van der Waals surface area contributed by atoms with Gasteiger partial charge in [0.2, 0.25) is 5.91 Å². The van der Waals surface area contributed by atoms with Crippen LogP contribution >= 0.6 is 11.6 Å². The Labute approximate surface area is 198 Å². The van der Waals surface area contributed by atoms with Crippen molar-refractivity contribution in [1.82, 2.24) is 15.3 Å². The number of hydrogen-bond donors (Lipinski definition) is 1. The summed E-state index contributed by atoms with van der Waals surface area (Å²) in [4.78, 5) is 24.4. The standard InChI is InChI=1S/C26H27ClN4O2/c1-18(2)17-31(13-12-24(32)28-16-21-9-6-14-33-21)26-22-11-10-20(27)15-23(22)29-25(30-26)19-7-4-3-5-8-19/h3-11,14-15,18H,12-13,16-17H2,1-2H3,(H,28,32). The van der Waals surface area contributed by atoms with Crippen LogP contribution in [-0.2, 0) is 11.3 Å². The van der Waals surface area contributed by atoms with Gasteiger partial charge < -0.3 is 14.6 Å². The van der Waals surface area contributed by atoms with E-state index in [1.807, 2.05) is 60.7 Å². The molecule has 0 atom stereocenters. The van der Waals surface area contributed by atoms with Gasteiger partial charge in [0.1, 0.15) is 11.6 Å². The van der Waals surface area contributed by atoms with Crippen molar-refractivity contribution in [2.24, 2.45) is 5.92 Å². The summed E-state index contributed by atoms with van der Waals surface area (Å²) in [6, 6.07) is 19.2. The summed E-state index contributed by atoms with van der Waals surface area (Å²) in [5, 5.41) is 4.45. The number of nitrogens with one attached hydrogen (secondary N) is 1. The number of aromatic nitrogens is 2. The fourth-order valence-electron chi connectivity index (χ4n) is 3.69. The lowest BCUT2D eigenvalue weighted by atomic mass is 10.1. The largest absolute Gasteiger partial charge is 0.467 e. The smallest absolute Gasteiger partial charge is 0.222 e. The monoisotopic (exact) mass is 462 g/mol. The predicted octanol–water partition coefficient (Wildman–Crippen LogP) is 5.71. The lowest BCUT2D eigenvalue weighted by molar-refractivity contribution is -0.121. The lowest BCUT2D eigenvalue weighted by Crippen LogP contribution is -2.33. The van der Waals surface area contributed by atoms with E-state index in [1.54, 1.807) is 6.26 Å². The number of halogens is 1. The van der Waals surface area contributed by atoms with Gasteiger partial charge in [-0.3, -0.25) is 4.79 Å². The molecular weight excluding hydrogens is 436 g/mol. The first-order chi connectivity index (χ1) is 16.0. The second-order valence-corrected chi connectivity index (χ2v) is 8.78. The molecule has 0 fully saturated rings. The molecule has 4 aromatic rings. The van der Waals surface area contributed by atoms with E-state index in [1.165, 1.54) is 0 Å². The van der Waals surface area contributed by atoms with E-state index in [2.05, 4.69) is 24.1 Å². The fourth-order valence-corrected chi connectivity index (χ4v) is 3.86. The number of amides is 1. The van der Waals surface area contributed by atoms with Crippen LogP contribution in [0.3, 0.4) is 0 Å². The molecule has 0 saturated heterocycles. The number of anilines is 1. The highest BCUT2D eigenvalue weighted by atomic mass is 35.5. The van der Waals surface area contributed by atoms with Crippen LogP contribution in [0, 0.1) is 5.92 Å². The lowest BCUT2D eigenvalue weighted by Gasteiger charge is -2.27. The number of furan rings is 1. The van der Waals surface area contributed by atoms with Gasteiger partial charge in [-0.15, -0.1) is 0 Å². The normalized spacial score (nSPS) is 11.2. The van der Waals surface area contributed by atoms with E-state index < -0.39 is 0 Å². The molecule has 0 saturated carbocycles. The van der Waals surface area contributed by atoms with Gasteiger partial charge in [-0.25, -0.2) is 9.97 Å². The number of rotatable bonds is 9. The Hall–Kier alpha value is -3.38. The van der Waals surface area contributed by atoms with Gasteiger partial charge in [0.05, 0.1) is 18.3 Å². The van der Waals surface area contributed by atoms with Crippen molar-refractivity contribution in [2.45, 2.75) is 26.8 Å². The van der Waals surface area contributed by atoms with Crippen LogP contribution in [0.2, 0.25) is 5.02 Å². The predicted molar refractivity (Wildman–Crippen MR) is 132 cm³/mol. The molecule has 33 heavy (non-hydrogen) atoms. The summed E-state index contributed by atoms with van der Waals surface area (Å²) in [5.41, 5.74) is 1.71. The van der Waals surface area contributed by atoms with Crippen LogP contribution in [0.15, 0.2) is 71.3 Å². The van der Waals surface area contributed by atoms with Crippen molar-refractivity contribution in [3.05, 3.63) is 77.7 Å². The van der Waals surface area contributed by atoms with Crippen molar-refractivity contribution in [1.29, 1.82) is 0 Å². The second kappa shape index (κ2) is 10.5. The maximum Gasteiger partial charge on any atom is 0.222 e.